The summed E-state index contributed by atoms with van der Waals surface area (Å²) in [7, 11) is 0. The number of rotatable bonds is 1. The summed E-state index contributed by atoms with van der Waals surface area (Å²) in [5, 5.41) is 11.1. The molecule has 0 N–H and O–H groups in total. The number of hydrogen-bond donors (Lipinski definition) is 0. The van der Waals surface area contributed by atoms with E-state index in [4.69, 9.17) is 0 Å². The Morgan fingerprint density at radius 3 is 3.06 bits per heavy atom. The summed E-state index contributed by atoms with van der Waals surface area (Å²) in [4.78, 5) is 13.9. The van der Waals surface area contributed by atoms with Crippen molar-refractivity contribution in [2.45, 2.75) is 32.7 Å². The average molecular weight is 249 g/mol. The molecular formula is C12H15N3OS. The fourth-order valence-corrected chi connectivity index (χ4v) is 2.83. The summed E-state index contributed by atoms with van der Waals surface area (Å²) < 4.78 is 4.05. The quantitative estimate of drug-likeness (QED) is 0.767. The maximum absolute atomic E-state index is 12.2. The summed E-state index contributed by atoms with van der Waals surface area (Å²) >= 11 is 1.26. The molecule has 4 nitrogen and oxygen atoms in total. The second-order valence-electron chi connectivity index (χ2n) is 5.01. The SMILES string of the molecule is CC1(C)CCCN(C(=O)c2ccsn2)[C@@H]1C#N. The third-order valence-electron chi connectivity index (χ3n) is 3.31. The molecule has 0 saturated carbocycles. The smallest absolute Gasteiger partial charge is 0.274 e. The standard InChI is InChI=1S/C12H15N3OS/c1-12(2)5-3-6-15(10(12)8-13)11(16)9-4-7-17-14-9/h4,7,10H,3,5-6H2,1-2H3/t10-/m1/s1. The Morgan fingerprint density at radius 1 is 1.71 bits per heavy atom. The zero-order valence-corrected chi connectivity index (χ0v) is 10.8. The molecule has 90 valence electrons. The Balaban J connectivity index is 2.26. The molecule has 0 unspecified atom stereocenters. The lowest BCUT2D eigenvalue weighted by atomic mass is 9.77. The summed E-state index contributed by atoms with van der Waals surface area (Å²) in [6, 6.07) is 3.62. The predicted octanol–water partition coefficient (Wildman–Crippen LogP) is 2.30. The van der Waals surface area contributed by atoms with Crippen LogP contribution in [0.25, 0.3) is 0 Å². The molecule has 1 saturated heterocycles. The van der Waals surface area contributed by atoms with Crippen molar-refractivity contribution in [1.82, 2.24) is 9.27 Å². The Morgan fingerprint density at radius 2 is 2.47 bits per heavy atom. The van der Waals surface area contributed by atoms with E-state index >= 15 is 0 Å². The van der Waals surface area contributed by atoms with Gasteiger partial charge in [-0.15, -0.1) is 0 Å². The van der Waals surface area contributed by atoms with Crippen LogP contribution in [0.4, 0.5) is 0 Å². The molecule has 17 heavy (non-hydrogen) atoms. The van der Waals surface area contributed by atoms with Crippen molar-refractivity contribution in [3.05, 3.63) is 17.1 Å². The number of amides is 1. The molecule has 5 heteroatoms. The van der Waals surface area contributed by atoms with Crippen LogP contribution in [0, 0.1) is 16.7 Å². The minimum Gasteiger partial charge on any atom is -0.321 e. The van der Waals surface area contributed by atoms with Crippen molar-refractivity contribution >= 4 is 17.4 Å². The number of likely N-dealkylation sites (tertiary alicyclic amines) is 1. The van der Waals surface area contributed by atoms with Crippen molar-refractivity contribution < 1.29 is 4.79 Å². The molecule has 1 aliphatic rings. The Kier molecular flexibility index (Phi) is 3.16. The first-order valence-corrected chi connectivity index (χ1v) is 6.51. The van der Waals surface area contributed by atoms with Gasteiger partial charge < -0.3 is 4.90 Å². The molecule has 0 radical (unpaired) electrons. The van der Waals surface area contributed by atoms with Crippen LogP contribution in [0.3, 0.4) is 0 Å². The Labute approximate surface area is 105 Å². The fraction of sp³-hybridized carbons (Fsp3) is 0.583. The van der Waals surface area contributed by atoms with E-state index in [1.807, 2.05) is 13.8 Å². The van der Waals surface area contributed by atoms with Crippen LogP contribution in [0.5, 0.6) is 0 Å². The van der Waals surface area contributed by atoms with Gasteiger partial charge in [0.15, 0.2) is 0 Å². The number of nitrogens with zero attached hydrogens (tertiary/aromatic N) is 3. The van der Waals surface area contributed by atoms with E-state index in [0.717, 1.165) is 12.8 Å². The predicted molar refractivity (Wildman–Crippen MR) is 65.6 cm³/mol. The molecule has 1 aromatic heterocycles. The van der Waals surface area contributed by atoms with Crippen LogP contribution in [0.1, 0.15) is 37.2 Å². The molecule has 1 aliphatic heterocycles. The zero-order valence-electron chi connectivity index (χ0n) is 10.0. The van der Waals surface area contributed by atoms with Crippen molar-refractivity contribution in [3.63, 3.8) is 0 Å². The highest BCUT2D eigenvalue weighted by Crippen LogP contribution is 2.35. The molecule has 1 aromatic rings. The molecule has 0 aromatic carbocycles. The van der Waals surface area contributed by atoms with Gasteiger partial charge in [-0.25, -0.2) is 0 Å². The van der Waals surface area contributed by atoms with Crippen LogP contribution in [0.15, 0.2) is 11.4 Å². The van der Waals surface area contributed by atoms with E-state index < -0.39 is 0 Å². The number of carbonyl (C=O) groups is 1. The monoisotopic (exact) mass is 249 g/mol. The molecule has 1 fully saturated rings. The van der Waals surface area contributed by atoms with Crippen molar-refractivity contribution in [2.75, 3.05) is 6.54 Å². The molecule has 2 rings (SSSR count). The largest absolute Gasteiger partial charge is 0.321 e. The van der Waals surface area contributed by atoms with E-state index in [9.17, 15) is 10.1 Å². The van der Waals surface area contributed by atoms with Crippen LogP contribution in [-0.4, -0.2) is 27.8 Å². The maximum Gasteiger partial charge on any atom is 0.274 e. The van der Waals surface area contributed by atoms with Crippen molar-refractivity contribution in [1.29, 1.82) is 5.26 Å². The van der Waals surface area contributed by atoms with E-state index in [0.29, 0.717) is 12.2 Å². The number of nitriles is 1. The number of aromatic nitrogens is 1. The van der Waals surface area contributed by atoms with Gasteiger partial charge in [0.25, 0.3) is 5.91 Å². The number of piperidine rings is 1. The van der Waals surface area contributed by atoms with Gasteiger partial charge in [-0.05, 0) is 35.9 Å². The van der Waals surface area contributed by atoms with Gasteiger partial charge >= 0.3 is 0 Å². The van der Waals surface area contributed by atoms with Gasteiger partial charge in [-0.1, -0.05) is 13.8 Å². The van der Waals surface area contributed by atoms with Crippen LogP contribution in [0.2, 0.25) is 0 Å². The van der Waals surface area contributed by atoms with E-state index in [-0.39, 0.29) is 17.4 Å². The molecule has 0 bridgehead atoms. The molecule has 0 aliphatic carbocycles. The number of carbonyl (C=O) groups excluding carboxylic acids is 1. The summed E-state index contributed by atoms with van der Waals surface area (Å²) in [5.41, 5.74) is 0.312. The van der Waals surface area contributed by atoms with E-state index in [1.54, 1.807) is 16.3 Å². The lowest BCUT2D eigenvalue weighted by Gasteiger charge is -2.42. The summed E-state index contributed by atoms with van der Waals surface area (Å²) in [6.45, 7) is 4.74. The Hall–Kier alpha value is -1.41. The third-order valence-corrected chi connectivity index (χ3v) is 3.87. The van der Waals surface area contributed by atoms with Crippen LogP contribution >= 0.6 is 11.5 Å². The highest BCUT2D eigenvalue weighted by Gasteiger charge is 2.40. The summed E-state index contributed by atoms with van der Waals surface area (Å²) in [6.07, 6.45) is 1.92. The topological polar surface area (TPSA) is 57.0 Å². The first-order valence-electron chi connectivity index (χ1n) is 5.67. The van der Waals surface area contributed by atoms with Crippen molar-refractivity contribution in [2.24, 2.45) is 5.41 Å². The van der Waals surface area contributed by atoms with E-state index in [2.05, 4.69) is 10.4 Å². The molecule has 1 amide bonds. The normalized spacial score (nSPS) is 23.1. The van der Waals surface area contributed by atoms with Gasteiger partial charge in [0.2, 0.25) is 0 Å². The van der Waals surface area contributed by atoms with Gasteiger partial charge in [0, 0.05) is 11.9 Å². The highest BCUT2D eigenvalue weighted by molar-refractivity contribution is 7.03. The lowest BCUT2D eigenvalue weighted by Crippen LogP contribution is -2.51. The molecule has 2 heterocycles. The fourth-order valence-electron chi connectivity index (χ4n) is 2.33. The molecule has 0 spiro atoms. The van der Waals surface area contributed by atoms with Gasteiger partial charge in [-0.3, -0.25) is 4.79 Å². The Bertz CT molecular complexity index is 447. The molecular weight excluding hydrogens is 234 g/mol. The van der Waals surface area contributed by atoms with Crippen LogP contribution < -0.4 is 0 Å². The maximum atomic E-state index is 12.2. The van der Waals surface area contributed by atoms with Gasteiger partial charge in [-0.2, -0.15) is 9.64 Å². The minimum absolute atomic E-state index is 0.120. The highest BCUT2D eigenvalue weighted by atomic mass is 32.1. The summed E-state index contributed by atoms with van der Waals surface area (Å²) in [5.74, 6) is -0.120. The van der Waals surface area contributed by atoms with E-state index in [1.165, 1.54) is 11.5 Å². The van der Waals surface area contributed by atoms with Gasteiger partial charge in [0.05, 0.1) is 6.07 Å². The van der Waals surface area contributed by atoms with Crippen molar-refractivity contribution in [3.8, 4) is 6.07 Å². The zero-order chi connectivity index (χ0) is 12.5. The molecule has 1 atom stereocenters. The second-order valence-corrected chi connectivity index (χ2v) is 5.67. The minimum atomic E-state index is -0.356. The first-order chi connectivity index (χ1) is 8.06. The average Bonchev–Trinajstić information content (AvgIpc) is 2.80. The van der Waals surface area contributed by atoms with Crippen LogP contribution in [-0.2, 0) is 0 Å². The first kappa shape index (κ1) is 12.1. The lowest BCUT2D eigenvalue weighted by molar-refractivity contribution is 0.0433. The second kappa shape index (κ2) is 4.46. The van der Waals surface area contributed by atoms with Gasteiger partial charge in [0.1, 0.15) is 11.7 Å². The third kappa shape index (κ3) is 2.18. The number of hydrogen-bond acceptors (Lipinski definition) is 4.